The highest BCUT2D eigenvalue weighted by molar-refractivity contribution is 5.81. The molecule has 3 heterocycles. The van der Waals surface area contributed by atoms with Crippen LogP contribution in [0.25, 0.3) is 5.57 Å². The van der Waals surface area contributed by atoms with Gasteiger partial charge in [0, 0.05) is 32.2 Å². The van der Waals surface area contributed by atoms with E-state index >= 15 is 0 Å². The van der Waals surface area contributed by atoms with Gasteiger partial charge in [0.05, 0.1) is 19.3 Å². The van der Waals surface area contributed by atoms with Crippen molar-refractivity contribution in [3.8, 4) is 0 Å². The van der Waals surface area contributed by atoms with Crippen molar-refractivity contribution in [2.75, 3.05) is 45.9 Å². The van der Waals surface area contributed by atoms with E-state index < -0.39 is 0 Å². The Kier molecular flexibility index (Phi) is 6.10. The summed E-state index contributed by atoms with van der Waals surface area (Å²) in [5, 5.41) is 3.47. The predicted molar refractivity (Wildman–Crippen MR) is 111 cm³/mol. The first-order valence-electron chi connectivity index (χ1n) is 10.5. The van der Waals surface area contributed by atoms with Crippen molar-refractivity contribution in [1.29, 1.82) is 0 Å². The average molecular weight is 369 g/mol. The van der Waals surface area contributed by atoms with Crippen LogP contribution in [0.4, 0.5) is 0 Å². The van der Waals surface area contributed by atoms with Crippen molar-refractivity contribution in [3.05, 3.63) is 42.0 Å². The maximum Gasteiger partial charge on any atom is 0.194 e. The number of nitrogens with zero attached hydrogens (tertiary/aromatic N) is 3. The zero-order valence-corrected chi connectivity index (χ0v) is 16.4. The van der Waals surface area contributed by atoms with E-state index in [4.69, 9.17) is 9.73 Å². The predicted octanol–water partition coefficient (Wildman–Crippen LogP) is 2.60. The van der Waals surface area contributed by atoms with Gasteiger partial charge in [0.25, 0.3) is 0 Å². The van der Waals surface area contributed by atoms with Crippen LogP contribution in [-0.4, -0.2) is 73.8 Å². The second kappa shape index (κ2) is 8.89. The largest absolute Gasteiger partial charge is 0.373 e. The number of aliphatic imine (C=N–C) groups is 1. The van der Waals surface area contributed by atoms with Crippen LogP contribution < -0.4 is 5.32 Å². The third kappa shape index (κ3) is 4.53. The topological polar surface area (TPSA) is 40.1 Å². The number of morpholine rings is 1. The van der Waals surface area contributed by atoms with E-state index in [1.165, 1.54) is 30.5 Å². The number of ether oxygens (including phenoxy) is 1. The molecule has 5 heteroatoms. The van der Waals surface area contributed by atoms with Crippen LogP contribution in [0.3, 0.4) is 0 Å². The molecule has 0 saturated carbocycles. The highest BCUT2D eigenvalue weighted by Crippen LogP contribution is 2.23. The van der Waals surface area contributed by atoms with Crippen LogP contribution in [0.1, 0.15) is 31.7 Å². The third-order valence-electron chi connectivity index (χ3n) is 5.89. The fraction of sp³-hybridized carbons (Fsp3) is 0.591. The monoisotopic (exact) mass is 368 g/mol. The third-order valence-corrected chi connectivity index (χ3v) is 5.89. The van der Waals surface area contributed by atoms with Crippen LogP contribution >= 0.6 is 0 Å². The average Bonchev–Trinajstić information content (AvgIpc) is 3.20. The molecule has 1 N–H and O–H groups in total. The fourth-order valence-corrected chi connectivity index (χ4v) is 4.39. The van der Waals surface area contributed by atoms with Crippen LogP contribution in [0.15, 0.2) is 41.4 Å². The lowest BCUT2D eigenvalue weighted by Crippen LogP contribution is -2.48. The Hall–Kier alpha value is -1.85. The summed E-state index contributed by atoms with van der Waals surface area (Å²) in [4.78, 5) is 9.87. The zero-order valence-electron chi connectivity index (χ0n) is 16.4. The molecule has 1 aromatic rings. The maximum atomic E-state index is 6.08. The van der Waals surface area contributed by atoms with Crippen molar-refractivity contribution in [3.63, 3.8) is 0 Å². The lowest BCUT2D eigenvalue weighted by atomic mass is 10.00. The molecule has 146 valence electrons. The summed E-state index contributed by atoms with van der Waals surface area (Å²) in [5.74, 6) is 1.02. The highest BCUT2D eigenvalue weighted by atomic mass is 16.5. The maximum absolute atomic E-state index is 6.08. The van der Waals surface area contributed by atoms with E-state index in [9.17, 15) is 0 Å². The Bertz CT molecular complexity index is 672. The quantitative estimate of drug-likeness (QED) is 0.655. The molecule has 2 fully saturated rings. The molecule has 0 spiro atoms. The van der Waals surface area contributed by atoms with E-state index in [0.29, 0.717) is 6.04 Å². The van der Waals surface area contributed by atoms with Crippen LogP contribution in [0.2, 0.25) is 0 Å². The summed E-state index contributed by atoms with van der Waals surface area (Å²) in [5.41, 5.74) is 2.79. The Morgan fingerprint density at radius 2 is 2.15 bits per heavy atom. The van der Waals surface area contributed by atoms with E-state index in [1.807, 2.05) is 0 Å². The molecular formula is C22H32N4O. The van der Waals surface area contributed by atoms with E-state index in [1.54, 1.807) is 0 Å². The first-order valence-corrected chi connectivity index (χ1v) is 10.5. The molecule has 1 aromatic carbocycles. The molecule has 27 heavy (non-hydrogen) atoms. The molecule has 2 saturated heterocycles. The number of benzene rings is 1. The van der Waals surface area contributed by atoms with E-state index in [0.717, 1.165) is 51.7 Å². The molecule has 3 aliphatic heterocycles. The molecule has 0 aliphatic carbocycles. The van der Waals surface area contributed by atoms with Crippen LogP contribution in [-0.2, 0) is 4.74 Å². The van der Waals surface area contributed by atoms with Gasteiger partial charge in [-0.3, -0.25) is 9.89 Å². The first-order chi connectivity index (χ1) is 13.3. The van der Waals surface area contributed by atoms with Gasteiger partial charge in [-0.2, -0.15) is 0 Å². The summed E-state index contributed by atoms with van der Waals surface area (Å²) < 4.78 is 6.08. The van der Waals surface area contributed by atoms with Crippen molar-refractivity contribution in [1.82, 2.24) is 15.1 Å². The van der Waals surface area contributed by atoms with E-state index in [-0.39, 0.29) is 6.10 Å². The van der Waals surface area contributed by atoms with Crippen molar-refractivity contribution in [2.45, 2.75) is 38.3 Å². The van der Waals surface area contributed by atoms with Crippen LogP contribution in [0.5, 0.6) is 0 Å². The zero-order chi connectivity index (χ0) is 18.5. The summed E-state index contributed by atoms with van der Waals surface area (Å²) in [7, 11) is 0. The number of nitrogens with one attached hydrogen (secondary N) is 1. The van der Waals surface area contributed by atoms with Crippen molar-refractivity contribution < 1.29 is 4.74 Å². The van der Waals surface area contributed by atoms with Gasteiger partial charge in [-0.15, -0.1) is 0 Å². The summed E-state index contributed by atoms with van der Waals surface area (Å²) in [6.45, 7) is 8.84. The lowest BCUT2D eigenvalue weighted by Gasteiger charge is -2.35. The Balaban J connectivity index is 1.36. The lowest BCUT2D eigenvalue weighted by molar-refractivity contribution is -0.0432. The molecule has 5 nitrogen and oxygen atoms in total. The molecule has 0 radical (unpaired) electrons. The first kappa shape index (κ1) is 18.5. The van der Waals surface area contributed by atoms with Gasteiger partial charge < -0.3 is 15.0 Å². The molecule has 2 atom stereocenters. The van der Waals surface area contributed by atoms with Crippen molar-refractivity contribution in [2.24, 2.45) is 4.99 Å². The molecule has 0 aromatic heterocycles. The van der Waals surface area contributed by atoms with Crippen molar-refractivity contribution >= 4 is 11.5 Å². The Morgan fingerprint density at radius 3 is 2.93 bits per heavy atom. The minimum atomic E-state index is 0.230. The molecule has 3 aliphatic rings. The van der Waals surface area contributed by atoms with Gasteiger partial charge in [-0.1, -0.05) is 36.4 Å². The smallest absolute Gasteiger partial charge is 0.194 e. The fourth-order valence-electron chi connectivity index (χ4n) is 4.39. The summed E-state index contributed by atoms with van der Waals surface area (Å²) in [6.07, 6.45) is 6.24. The van der Waals surface area contributed by atoms with Gasteiger partial charge in [-0.05, 0) is 43.9 Å². The highest BCUT2D eigenvalue weighted by Gasteiger charge is 2.32. The summed E-state index contributed by atoms with van der Waals surface area (Å²) >= 11 is 0. The molecule has 0 amide bonds. The Morgan fingerprint density at radius 1 is 1.26 bits per heavy atom. The second-order valence-electron chi connectivity index (χ2n) is 7.73. The Labute approximate surface area is 163 Å². The SMILES string of the molecule is CCNC(=NCC1CN2CCCC2CO1)N1CC=C(c2ccccc2)CC1. The number of fused-ring (bicyclic) bond motifs is 1. The normalized spacial score (nSPS) is 26.6. The second-order valence-corrected chi connectivity index (χ2v) is 7.73. The van der Waals surface area contributed by atoms with Crippen LogP contribution in [0, 0.1) is 0 Å². The van der Waals surface area contributed by atoms with Gasteiger partial charge >= 0.3 is 0 Å². The van der Waals surface area contributed by atoms with Gasteiger partial charge in [0.15, 0.2) is 5.96 Å². The number of rotatable bonds is 4. The van der Waals surface area contributed by atoms with E-state index in [2.05, 4.69) is 58.4 Å². The summed E-state index contributed by atoms with van der Waals surface area (Å²) in [6, 6.07) is 11.4. The number of hydrogen-bond donors (Lipinski definition) is 1. The molecule has 0 bridgehead atoms. The molecular weight excluding hydrogens is 336 g/mol. The molecule has 4 rings (SSSR count). The number of hydrogen-bond acceptors (Lipinski definition) is 3. The number of guanidine groups is 1. The van der Waals surface area contributed by atoms with Gasteiger partial charge in [0.2, 0.25) is 0 Å². The van der Waals surface area contributed by atoms with Gasteiger partial charge in [-0.25, -0.2) is 0 Å². The minimum Gasteiger partial charge on any atom is -0.373 e. The minimum absolute atomic E-state index is 0.230. The molecule has 2 unspecified atom stereocenters. The standard InChI is InChI=1S/C22H32N4O/c1-2-23-22(24-15-21-16-26-12-6-9-20(26)17-27-21)25-13-10-19(11-14-25)18-7-4-3-5-8-18/h3-5,7-8,10,20-21H,2,6,9,11-17H2,1H3,(H,23,24). The van der Waals surface area contributed by atoms with Gasteiger partial charge in [0.1, 0.15) is 0 Å².